The van der Waals surface area contributed by atoms with E-state index in [1.165, 1.54) is 11.2 Å². The summed E-state index contributed by atoms with van der Waals surface area (Å²) < 4.78 is 0. The van der Waals surface area contributed by atoms with E-state index in [1.807, 2.05) is 32.9 Å². The molecule has 0 aliphatic carbocycles. The Morgan fingerprint density at radius 1 is 1.17 bits per heavy atom. The van der Waals surface area contributed by atoms with Gasteiger partial charge in [0.05, 0.1) is 47.1 Å². The number of carbonyl (C=O) groups excluding carboxylic acids is 1. The SMILES string of the molecule is Cc1cnc(CNc2ncc(N)c(N(N)c3ccc4c(c3)NC(=O)C4(C)C)n2)cn1. The fraction of sp³-hybridized carbons (Fsp3) is 0.250. The van der Waals surface area contributed by atoms with Crippen molar-refractivity contribution in [3.8, 4) is 0 Å². The minimum Gasteiger partial charge on any atom is -0.394 e. The Morgan fingerprint density at radius 3 is 2.70 bits per heavy atom. The zero-order chi connectivity index (χ0) is 21.5. The molecule has 1 aliphatic heterocycles. The number of aryl methyl sites for hydroxylation is 1. The number of fused-ring (bicyclic) bond motifs is 1. The van der Waals surface area contributed by atoms with Gasteiger partial charge in [-0.3, -0.25) is 19.8 Å². The molecule has 1 aromatic carbocycles. The number of hydrogen-bond acceptors (Lipinski definition) is 9. The van der Waals surface area contributed by atoms with Crippen LogP contribution in [0.4, 0.5) is 28.8 Å². The first-order chi connectivity index (χ1) is 14.3. The molecule has 154 valence electrons. The average Bonchev–Trinajstić information content (AvgIpc) is 2.96. The van der Waals surface area contributed by atoms with Gasteiger partial charge < -0.3 is 16.4 Å². The Labute approximate surface area is 173 Å². The molecule has 30 heavy (non-hydrogen) atoms. The summed E-state index contributed by atoms with van der Waals surface area (Å²) >= 11 is 0. The third-order valence-electron chi connectivity index (χ3n) is 5.06. The smallest absolute Gasteiger partial charge is 0.234 e. The molecule has 0 spiro atoms. The number of carbonyl (C=O) groups is 1. The van der Waals surface area contributed by atoms with Crippen LogP contribution in [0, 0.1) is 6.92 Å². The summed E-state index contributed by atoms with van der Waals surface area (Å²) in [7, 11) is 0. The van der Waals surface area contributed by atoms with E-state index in [0.717, 1.165) is 22.6 Å². The summed E-state index contributed by atoms with van der Waals surface area (Å²) in [6, 6.07) is 5.52. The van der Waals surface area contributed by atoms with Crippen molar-refractivity contribution in [3.63, 3.8) is 0 Å². The highest BCUT2D eigenvalue weighted by atomic mass is 16.2. The second-order valence-corrected chi connectivity index (χ2v) is 7.65. The van der Waals surface area contributed by atoms with E-state index in [2.05, 4.69) is 30.6 Å². The van der Waals surface area contributed by atoms with E-state index in [1.54, 1.807) is 18.5 Å². The number of nitrogen functional groups attached to an aromatic ring is 1. The van der Waals surface area contributed by atoms with Crippen LogP contribution < -0.4 is 27.2 Å². The molecule has 0 saturated heterocycles. The largest absolute Gasteiger partial charge is 0.394 e. The molecule has 0 atom stereocenters. The minimum atomic E-state index is -0.586. The molecule has 0 radical (unpaired) electrons. The predicted octanol–water partition coefficient (Wildman–Crippen LogP) is 2.01. The second kappa shape index (κ2) is 7.23. The average molecular weight is 405 g/mol. The van der Waals surface area contributed by atoms with Gasteiger partial charge in [-0.25, -0.2) is 10.8 Å². The monoisotopic (exact) mass is 405 g/mol. The van der Waals surface area contributed by atoms with Crippen LogP contribution in [0.15, 0.2) is 36.8 Å². The number of rotatable bonds is 5. The normalized spacial score (nSPS) is 14.2. The molecular formula is C20H23N9O. The van der Waals surface area contributed by atoms with E-state index in [9.17, 15) is 4.79 Å². The van der Waals surface area contributed by atoms with Gasteiger partial charge in [0.15, 0.2) is 5.82 Å². The Balaban J connectivity index is 1.56. The zero-order valence-electron chi connectivity index (χ0n) is 17.0. The first-order valence-electron chi connectivity index (χ1n) is 9.40. The summed E-state index contributed by atoms with van der Waals surface area (Å²) in [4.78, 5) is 29.3. The molecule has 10 heteroatoms. The van der Waals surface area contributed by atoms with Crippen molar-refractivity contribution >= 4 is 34.7 Å². The third kappa shape index (κ3) is 3.48. The van der Waals surface area contributed by atoms with E-state index in [0.29, 0.717) is 29.7 Å². The van der Waals surface area contributed by atoms with Crippen molar-refractivity contribution in [1.29, 1.82) is 0 Å². The highest BCUT2D eigenvalue weighted by Crippen LogP contribution is 2.40. The Morgan fingerprint density at radius 2 is 1.97 bits per heavy atom. The highest BCUT2D eigenvalue weighted by Gasteiger charge is 2.38. The van der Waals surface area contributed by atoms with Gasteiger partial charge in [-0.15, -0.1) is 0 Å². The van der Waals surface area contributed by atoms with Crippen LogP contribution in [-0.4, -0.2) is 25.8 Å². The maximum Gasteiger partial charge on any atom is 0.234 e. The number of benzene rings is 1. The molecule has 3 heterocycles. The van der Waals surface area contributed by atoms with E-state index in [-0.39, 0.29) is 5.91 Å². The van der Waals surface area contributed by atoms with Crippen molar-refractivity contribution in [2.24, 2.45) is 5.84 Å². The second-order valence-electron chi connectivity index (χ2n) is 7.65. The van der Waals surface area contributed by atoms with Crippen LogP contribution in [-0.2, 0) is 16.8 Å². The van der Waals surface area contributed by atoms with Crippen LogP contribution >= 0.6 is 0 Å². The number of nitrogens with two attached hydrogens (primary N) is 2. The number of aromatic nitrogens is 4. The molecule has 4 rings (SSSR count). The van der Waals surface area contributed by atoms with Crippen LogP contribution in [0.5, 0.6) is 0 Å². The van der Waals surface area contributed by atoms with Crippen molar-refractivity contribution in [3.05, 3.63) is 53.7 Å². The molecule has 3 aromatic rings. The molecule has 6 N–H and O–H groups in total. The van der Waals surface area contributed by atoms with Crippen LogP contribution in [0.1, 0.15) is 30.8 Å². The lowest BCUT2D eigenvalue weighted by Crippen LogP contribution is -2.27. The Kier molecular flexibility index (Phi) is 4.70. The summed E-state index contributed by atoms with van der Waals surface area (Å²) in [6.07, 6.45) is 4.88. The van der Waals surface area contributed by atoms with Gasteiger partial charge in [0, 0.05) is 11.9 Å². The van der Waals surface area contributed by atoms with Gasteiger partial charge in [0.2, 0.25) is 11.9 Å². The lowest BCUT2D eigenvalue weighted by atomic mass is 9.86. The van der Waals surface area contributed by atoms with Gasteiger partial charge in [-0.1, -0.05) is 6.07 Å². The van der Waals surface area contributed by atoms with Gasteiger partial charge >= 0.3 is 0 Å². The molecular weight excluding hydrogens is 382 g/mol. The quantitative estimate of drug-likeness (QED) is 0.369. The van der Waals surface area contributed by atoms with E-state index < -0.39 is 5.41 Å². The number of hydrogen-bond donors (Lipinski definition) is 4. The lowest BCUT2D eigenvalue weighted by Gasteiger charge is -2.21. The number of anilines is 5. The Bertz CT molecular complexity index is 1110. The fourth-order valence-electron chi connectivity index (χ4n) is 3.19. The van der Waals surface area contributed by atoms with Gasteiger partial charge in [0.1, 0.15) is 0 Å². The predicted molar refractivity (Wildman–Crippen MR) is 115 cm³/mol. The fourth-order valence-corrected chi connectivity index (χ4v) is 3.19. The molecule has 0 fully saturated rings. The molecule has 1 aliphatic rings. The van der Waals surface area contributed by atoms with Gasteiger partial charge in [-0.05, 0) is 38.5 Å². The van der Waals surface area contributed by atoms with Crippen molar-refractivity contribution < 1.29 is 4.79 Å². The van der Waals surface area contributed by atoms with Crippen molar-refractivity contribution in [1.82, 2.24) is 19.9 Å². The molecule has 0 unspecified atom stereocenters. The number of nitrogens with one attached hydrogen (secondary N) is 2. The number of hydrazine groups is 1. The Hall–Kier alpha value is -3.79. The van der Waals surface area contributed by atoms with Crippen molar-refractivity contribution in [2.75, 3.05) is 21.4 Å². The first-order valence-corrected chi connectivity index (χ1v) is 9.40. The standard InChI is InChI=1S/C20H23N9O/c1-11-7-24-12(8-23-11)9-25-19-26-10-15(21)17(28-19)29(22)13-4-5-14-16(6-13)27-18(30)20(14,2)3/h4-8,10H,9,21-22H2,1-3H3,(H,27,30)(H,25,26,28). The van der Waals surface area contributed by atoms with Crippen LogP contribution in [0.25, 0.3) is 0 Å². The molecule has 0 saturated carbocycles. The highest BCUT2D eigenvalue weighted by molar-refractivity contribution is 6.06. The van der Waals surface area contributed by atoms with Crippen LogP contribution in [0.3, 0.4) is 0 Å². The molecule has 1 amide bonds. The lowest BCUT2D eigenvalue weighted by molar-refractivity contribution is -0.119. The first kappa shape index (κ1) is 19.5. The molecule has 10 nitrogen and oxygen atoms in total. The molecule has 2 aromatic heterocycles. The summed E-state index contributed by atoms with van der Waals surface area (Å²) in [6.45, 7) is 6.04. The summed E-state index contributed by atoms with van der Waals surface area (Å²) in [5, 5.41) is 7.35. The number of nitrogens with zero attached hydrogens (tertiary/aromatic N) is 5. The minimum absolute atomic E-state index is 0.0505. The topological polar surface area (TPSA) is 148 Å². The maximum absolute atomic E-state index is 12.2. The van der Waals surface area contributed by atoms with E-state index >= 15 is 0 Å². The zero-order valence-corrected chi connectivity index (χ0v) is 17.0. The van der Waals surface area contributed by atoms with Crippen LogP contribution in [0.2, 0.25) is 0 Å². The maximum atomic E-state index is 12.2. The van der Waals surface area contributed by atoms with Gasteiger partial charge in [0.25, 0.3) is 0 Å². The number of amides is 1. The molecule has 0 bridgehead atoms. The van der Waals surface area contributed by atoms with Crippen molar-refractivity contribution in [2.45, 2.75) is 32.7 Å². The third-order valence-corrected chi connectivity index (χ3v) is 5.06. The summed E-state index contributed by atoms with van der Waals surface area (Å²) in [5.41, 5.74) is 9.67. The van der Waals surface area contributed by atoms with E-state index in [4.69, 9.17) is 11.6 Å². The van der Waals surface area contributed by atoms with Gasteiger partial charge in [-0.2, -0.15) is 4.98 Å². The summed E-state index contributed by atoms with van der Waals surface area (Å²) in [5.74, 6) is 6.95.